The first-order chi connectivity index (χ1) is 23.0. The summed E-state index contributed by atoms with van der Waals surface area (Å²) >= 11 is 0. The predicted molar refractivity (Wildman–Crippen MR) is 176 cm³/mol. The topological polar surface area (TPSA) is 161 Å². The fourth-order valence-corrected chi connectivity index (χ4v) is 6.70. The maximum Gasteiger partial charge on any atom is 0.524 e. The number of benzene rings is 3. The van der Waals surface area contributed by atoms with Crippen LogP contribution in [0.4, 0.5) is 4.79 Å². The van der Waals surface area contributed by atoms with Gasteiger partial charge in [0.2, 0.25) is 11.8 Å². The third-order valence-electron chi connectivity index (χ3n) is 8.34. The number of aromatic nitrogens is 2. The lowest BCUT2D eigenvalue weighted by atomic mass is 9.98. The van der Waals surface area contributed by atoms with Gasteiger partial charge >= 0.3 is 13.9 Å². The highest BCUT2D eigenvalue weighted by atomic mass is 31.2. The molecule has 0 radical (unpaired) electrons. The van der Waals surface area contributed by atoms with Gasteiger partial charge < -0.3 is 19.6 Å². The Morgan fingerprint density at radius 1 is 1.06 bits per heavy atom. The van der Waals surface area contributed by atoms with Crippen molar-refractivity contribution in [3.63, 3.8) is 0 Å². The standard InChI is InChI=1S/C33H36N7O7P/c1-3-16-38-22-30(41)39-28(17-23-12-14-27(15-13-23)47-48(44,45)46)32(42)37(20-26-11-7-10-25-19-36(2)35-31(25)26)21-29(39)40(38)33(43)34-18-24-8-5-4-6-9-24/h3-15,19,28-29H,1,16-18,20-22H2,2H3,(H,34,43)(H2,44,45,46)/t28-,29-/m0/s1. The molecule has 2 aliphatic rings. The van der Waals surface area contributed by atoms with Crippen molar-refractivity contribution in [3.05, 3.63) is 108 Å². The molecule has 3 aromatic carbocycles. The van der Waals surface area contributed by atoms with Gasteiger partial charge in [-0.05, 0) is 28.8 Å². The van der Waals surface area contributed by atoms with Crippen molar-refractivity contribution in [2.45, 2.75) is 31.7 Å². The summed E-state index contributed by atoms with van der Waals surface area (Å²) in [6, 6.07) is 19.8. The van der Waals surface area contributed by atoms with E-state index in [1.54, 1.807) is 32.8 Å². The Labute approximate surface area is 277 Å². The molecule has 2 aliphatic heterocycles. The molecule has 2 saturated heterocycles. The number of hydrazine groups is 1. The number of hydrogen-bond acceptors (Lipinski definition) is 7. The molecule has 3 heterocycles. The molecule has 6 rings (SSSR count). The highest BCUT2D eigenvalue weighted by Crippen LogP contribution is 2.38. The number of phosphoric ester groups is 1. The molecule has 1 aromatic heterocycles. The number of rotatable bonds is 10. The second-order valence-electron chi connectivity index (χ2n) is 11.7. The molecule has 2 fully saturated rings. The van der Waals surface area contributed by atoms with E-state index in [1.165, 1.54) is 22.0 Å². The number of aryl methyl sites for hydroxylation is 1. The minimum absolute atomic E-state index is 0.0413. The van der Waals surface area contributed by atoms with Crippen LogP contribution >= 0.6 is 7.82 Å². The quantitative estimate of drug-likeness (QED) is 0.170. The van der Waals surface area contributed by atoms with Crippen LogP contribution in [-0.4, -0.2) is 89.1 Å². The molecule has 0 aliphatic carbocycles. The summed E-state index contributed by atoms with van der Waals surface area (Å²) < 4.78 is 17.7. The Morgan fingerprint density at radius 2 is 1.81 bits per heavy atom. The van der Waals surface area contributed by atoms with Gasteiger partial charge in [0.05, 0.1) is 18.6 Å². The lowest BCUT2D eigenvalue weighted by Gasteiger charge is -2.55. The molecule has 250 valence electrons. The van der Waals surface area contributed by atoms with E-state index in [9.17, 15) is 28.7 Å². The number of carbonyl (C=O) groups is 3. The average molecular weight is 674 g/mol. The number of piperazine rings is 1. The van der Waals surface area contributed by atoms with Gasteiger partial charge in [0.15, 0.2) is 0 Å². The minimum Gasteiger partial charge on any atom is -0.404 e. The number of carbonyl (C=O) groups excluding carboxylic acids is 3. The third kappa shape index (κ3) is 7.11. The molecule has 48 heavy (non-hydrogen) atoms. The van der Waals surface area contributed by atoms with Gasteiger partial charge in [-0.25, -0.2) is 19.4 Å². The maximum absolute atomic E-state index is 14.4. The Hall–Kier alpha value is -5.01. The first-order valence-electron chi connectivity index (χ1n) is 15.3. The second kappa shape index (κ2) is 13.6. The molecule has 4 amide bonds. The van der Waals surface area contributed by atoms with E-state index in [0.717, 1.165) is 22.0 Å². The number of urea groups is 1. The third-order valence-corrected chi connectivity index (χ3v) is 8.79. The van der Waals surface area contributed by atoms with Crippen LogP contribution in [-0.2, 0) is 40.7 Å². The van der Waals surface area contributed by atoms with E-state index < -0.39 is 26.1 Å². The van der Waals surface area contributed by atoms with Gasteiger partial charge in [0.1, 0.15) is 18.0 Å². The van der Waals surface area contributed by atoms with Crippen molar-refractivity contribution in [1.29, 1.82) is 0 Å². The number of phosphoric acid groups is 1. The molecular weight excluding hydrogens is 637 g/mol. The Bertz CT molecular complexity index is 1880. The predicted octanol–water partition coefficient (Wildman–Crippen LogP) is 2.78. The summed E-state index contributed by atoms with van der Waals surface area (Å²) in [5.74, 6) is -0.662. The van der Waals surface area contributed by atoms with Gasteiger partial charge in [-0.2, -0.15) is 5.10 Å². The van der Waals surface area contributed by atoms with Crippen molar-refractivity contribution >= 4 is 36.6 Å². The zero-order chi connectivity index (χ0) is 34.0. The van der Waals surface area contributed by atoms with Crippen LogP contribution in [0.3, 0.4) is 0 Å². The van der Waals surface area contributed by atoms with E-state index in [-0.39, 0.29) is 56.7 Å². The number of nitrogens with one attached hydrogen (secondary N) is 1. The molecule has 3 N–H and O–H groups in total. The Kier molecular flexibility index (Phi) is 9.33. The maximum atomic E-state index is 14.4. The van der Waals surface area contributed by atoms with Crippen LogP contribution in [0.25, 0.3) is 10.9 Å². The lowest BCUT2D eigenvalue weighted by Crippen LogP contribution is -2.76. The van der Waals surface area contributed by atoms with Crippen molar-refractivity contribution in [1.82, 2.24) is 34.9 Å². The van der Waals surface area contributed by atoms with E-state index in [4.69, 9.17) is 0 Å². The number of hydrogen-bond donors (Lipinski definition) is 3. The van der Waals surface area contributed by atoms with E-state index in [0.29, 0.717) is 5.56 Å². The van der Waals surface area contributed by atoms with Gasteiger partial charge in [-0.3, -0.25) is 24.1 Å². The zero-order valence-electron chi connectivity index (χ0n) is 26.3. The summed E-state index contributed by atoms with van der Waals surface area (Å²) in [6.45, 7) is 4.41. The van der Waals surface area contributed by atoms with Gasteiger partial charge in [-0.15, -0.1) is 6.58 Å². The van der Waals surface area contributed by atoms with Crippen molar-refractivity contribution in [2.24, 2.45) is 7.05 Å². The van der Waals surface area contributed by atoms with E-state index in [2.05, 4.69) is 21.5 Å². The molecule has 0 unspecified atom stereocenters. The summed E-state index contributed by atoms with van der Waals surface area (Å²) in [5, 5.41) is 11.6. The van der Waals surface area contributed by atoms with Crippen LogP contribution in [0.15, 0.2) is 91.6 Å². The van der Waals surface area contributed by atoms with Crippen LogP contribution in [0.2, 0.25) is 0 Å². The fourth-order valence-electron chi connectivity index (χ4n) is 6.30. The lowest BCUT2D eigenvalue weighted by molar-refractivity contribution is -0.189. The summed E-state index contributed by atoms with van der Waals surface area (Å²) in [7, 11) is -2.94. The molecule has 0 saturated carbocycles. The molecule has 2 atom stereocenters. The molecule has 14 nitrogen and oxygen atoms in total. The summed E-state index contributed by atoms with van der Waals surface area (Å²) in [5.41, 5.74) is 3.09. The van der Waals surface area contributed by atoms with E-state index in [1.807, 2.05) is 61.8 Å². The smallest absolute Gasteiger partial charge is 0.404 e. The first kappa shape index (κ1) is 32.9. The van der Waals surface area contributed by atoms with E-state index >= 15 is 0 Å². The second-order valence-corrected chi connectivity index (χ2v) is 12.9. The monoisotopic (exact) mass is 673 g/mol. The van der Waals surface area contributed by atoms with Crippen LogP contribution in [0.5, 0.6) is 5.75 Å². The van der Waals surface area contributed by atoms with Crippen LogP contribution in [0, 0.1) is 0 Å². The number of fused-ring (bicyclic) bond motifs is 2. The first-order valence-corrected chi connectivity index (χ1v) is 16.9. The fraction of sp³-hybridized carbons (Fsp3) is 0.273. The zero-order valence-corrected chi connectivity index (χ0v) is 27.1. The van der Waals surface area contributed by atoms with Gasteiger partial charge in [0, 0.05) is 44.7 Å². The normalized spacial score (nSPS) is 18.6. The summed E-state index contributed by atoms with van der Waals surface area (Å²) in [4.78, 5) is 63.7. The highest BCUT2D eigenvalue weighted by molar-refractivity contribution is 7.46. The van der Waals surface area contributed by atoms with Crippen LogP contribution < -0.4 is 9.84 Å². The highest BCUT2D eigenvalue weighted by Gasteiger charge is 2.51. The summed E-state index contributed by atoms with van der Waals surface area (Å²) in [6.07, 6.45) is 2.76. The molecular formula is C33H36N7O7P. The molecule has 15 heteroatoms. The SMILES string of the molecule is C=CCN1CC(=O)N2[C@@H](Cc3ccc(OP(=O)(O)O)cc3)C(=O)N(Cc3cccc4cn(C)nc34)C[C@@H]2N1C(=O)NCc1ccccc1. The molecule has 0 spiro atoms. The average Bonchev–Trinajstić information content (AvgIpc) is 3.44. The van der Waals surface area contributed by atoms with Crippen LogP contribution in [0.1, 0.15) is 16.7 Å². The Morgan fingerprint density at radius 3 is 2.52 bits per heavy atom. The van der Waals surface area contributed by atoms with Gasteiger partial charge in [-0.1, -0.05) is 66.7 Å². The van der Waals surface area contributed by atoms with Crippen molar-refractivity contribution < 1.29 is 33.3 Å². The minimum atomic E-state index is -4.76. The largest absolute Gasteiger partial charge is 0.524 e. The molecule has 4 aromatic rings. The number of amides is 4. The Balaban J connectivity index is 1.35. The number of nitrogens with zero attached hydrogens (tertiary/aromatic N) is 6. The molecule has 0 bridgehead atoms. The van der Waals surface area contributed by atoms with Crippen molar-refractivity contribution in [2.75, 3.05) is 19.6 Å². The van der Waals surface area contributed by atoms with Crippen molar-refractivity contribution in [3.8, 4) is 5.75 Å². The van der Waals surface area contributed by atoms with Gasteiger partial charge in [0.25, 0.3) is 0 Å².